The number of halogens is 1. The van der Waals surface area contributed by atoms with E-state index in [9.17, 15) is 9.18 Å². The molecule has 0 aliphatic carbocycles. The lowest BCUT2D eigenvalue weighted by Crippen LogP contribution is -2.12. The Labute approximate surface area is 114 Å². The predicted octanol–water partition coefficient (Wildman–Crippen LogP) is 2.19. The number of nitrogens with two attached hydrogens (primary N) is 1. The van der Waals surface area contributed by atoms with Crippen LogP contribution in [0.4, 0.5) is 4.39 Å². The molecule has 0 radical (unpaired) electrons. The first-order valence-electron chi connectivity index (χ1n) is 6.17. The lowest BCUT2D eigenvalue weighted by atomic mass is 10.0. The van der Waals surface area contributed by atoms with Gasteiger partial charge in [-0.2, -0.15) is 0 Å². The number of nitrogens with one attached hydrogen (secondary N) is 1. The predicted molar refractivity (Wildman–Crippen MR) is 75.6 cm³/mol. The van der Waals surface area contributed by atoms with E-state index in [0.717, 1.165) is 0 Å². The zero-order valence-corrected chi connectivity index (χ0v) is 10.6. The fraction of sp³-hybridized carbons (Fsp3) is 0.0667. The van der Waals surface area contributed by atoms with Crippen LogP contribution in [0, 0.1) is 5.82 Å². The Morgan fingerprint density at radius 2 is 1.90 bits per heavy atom. The lowest BCUT2D eigenvalue weighted by Gasteiger charge is -2.07. The standard InChI is InChI=1S/C15H12FN3O/c16-13-6-5-12(10-3-1-2-4-11(10)13)15-18-9(8-17)7-14(20)19-15/h1-7H,8,17H2,(H,18,19,20). The van der Waals surface area contributed by atoms with Crippen molar-refractivity contribution in [3.05, 3.63) is 64.3 Å². The van der Waals surface area contributed by atoms with Crippen LogP contribution in [0.25, 0.3) is 22.2 Å². The van der Waals surface area contributed by atoms with Gasteiger partial charge < -0.3 is 10.7 Å². The second-order valence-corrected chi connectivity index (χ2v) is 4.43. The summed E-state index contributed by atoms with van der Waals surface area (Å²) in [6.07, 6.45) is 0. The molecule has 2 aromatic carbocycles. The summed E-state index contributed by atoms with van der Waals surface area (Å²) in [5.74, 6) is 0.0934. The molecular weight excluding hydrogens is 257 g/mol. The summed E-state index contributed by atoms with van der Waals surface area (Å²) in [5.41, 5.74) is 6.43. The highest BCUT2D eigenvalue weighted by molar-refractivity contribution is 5.95. The highest BCUT2D eigenvalue weighted by Gasteiger charge is 2.10. The van der Waals surface area contributed by atoms with E-state index in [1.54, 1.807) is 24.3 Å². The Balaban J connectivity index is 2.33. The Kier molecular flexibility index (Phi) is 3.04. The Hall–Kier alpha value is -2.53. The molecule has 0 saturated heterocycles. The van der Waals surface area contributed by atoms with Crippen molar-refractivity contribution in [3.63, 3.8) is 0 Å². The van der Waals surface area contributed by atoms with E-state index in [4.69, 9.17) is 5.73 Å². The molecular formula is C15H12FN3O. The molecule has 0 saturated carbocycles. The Morgan fingerprint density at radius 3 is 2.65 bits per heavy atom. The highest BCUT2D eigenvalue weighted by Crippen LogP contribution is 2.27. The third kappa shape index (κ3) is 2.08. The minimum Gasteiger partial charge on any atom is -0.325 e. The Bertz CT molecular complexity index is 842. The number of hydrogen-bond donors (Lipinski definition) is 2. The van der Waals surface area contributed by atoms with Gasteiger partial charge in [0.1, 0.15) is 11.6 Å². The van der Waals surface area contributed by atoms with Gasteiger partial charge >= 0.3 is 0 Å². The van der Waals surface area contributed by atoms with E-state index < -0.39 is 0 Å². The summed E-state index contributed by atoms with van der Waals surface area (Å²) < 4.78 is 13.8. The van der Waals surface area contributed by atoms with Crippen molar-refractivity contribution >= 4 is 10.8 Å². The molecule has 20 heavy (non-hydrogen) atoms. The van der Waals surface area contributed by atoms with Crippen LogP contribution in [0.5, 0.6) is 0 Å². The van der Waals surface area contributed by atoms with Gasteiger partial charge in [0.25, 0.3) is 5.56 Å². The van der Waals surface area contributed by atoms with Crippen molar-refractivity contribution in [2.24, 2.45) is 5.73 Å². The molecule has 5 heteroatoms. The minimum atomic E-state index is -0.304. The van der Waals surface area contributed by atoms with Gasteiger partial charge in [0.05, 0.1) is 5.69 Å². The van der Waals surface area contributed by atoms with E-state index in [1.165, 1.54) is 12.1 Å². The third-order valence-corrected chi connectivity index (χ3v) is 3.13. The number of aromatic amines is 1. The van der Waals surface area contributed by atoms with Crippen molar-refractivity contribution in [2.75, 3.05) is 0 Å². The van der Waals surface area contributed by atoms with Crippen LogP contribution in [0.15, 0.2) is 47.3 Å². The van der Waals surface area contributed by atoms with Crippen LogP contribution in [-0.2, 0) is 6.54 Å². The molecule has 0 aliphatic heterocycles. The lowest BCUT2D eigenvalue weighted by molar-refractivity contribution is 0.640. The molecule has 3 N–H and O–H groups in total. The fourth-order valence-electron chi connectivity index (χ4n) is 2.21. The monoisotopic (exact) mass is 269 g/mol. The maximum Gasteiger partial charge on any atom is 0.251 e. The van der Waals surface area contributed by atoms with Crippen molar-refractivity contribution < 1.29 is 4.39 Å². The normalized spacial score (nSPS) is 10.9. The highest BCUT2D eigenvalue weighted by atomic mass is 19.1. The number of H-pyrrole nitrogens is 1. The van der Waals surface area contributed by atoms with E-state index in [-0.39, 0.29) is 17.9 Å². The molecule has 1 aromatic heterocycles. The van der Waals surface area contributed by atoms with E-state index in [0.29, 0.717) is 27.9 Å². The molecule has 0 atom stereocenters. The van der Waals surface area contributed by atoms with Crippen molar-refractivity contribution in [2.45, 2.75) is 6.54 Å². The summed E-state index contributed by atoms with van der Waals surface area (Å²) in [6, 6.07) is 11.4. The van der Waals surface area contributed by atoms with Gasteiger partial charge in [-0.1, -0.05) is 24.3 Å². The van der Waals surface area contributed by atoms with Crippen LogP contribution < -0.4 is 11.3 Å². The van der Waals surface area contributed by atoms with Crippen LogP contribution in [-0.4, -0.2) is 9.97 Å². The van der Waals surface area contributed by atoms with Crippen LogP contribution in [0.2, 0.25) is 0 Å². The van der Waals surface area contributed by atoms with Crippen LogP contribution >= 0.6 is 0 Å². The van der Waals surface area contributed by atoms with Gasteiger partial charge in [0, 0.05) is 23.6 Å². The Morgan fingerprint density at radius 1 is 1.15 bits per heavy atom. The van der Waals surface area contributed by atoms with Gasteiger partial charge in [-0.05, 0) is 17.5 Å². The first-order valence-corrected chi connectivity index (χ1v) is 6.17. The third-order valence-electron chi connectivity index (χ3n) is 3.13. The first-order chi connectivity index (χ1) is 9.69. The van der Waals surface area contributed by atoms with Gasteiger partial charge in [-0.15, -0.1) is 0 Å². The molecule has 3 rings (SSSR count). The molecule has 0 fully saturated rings. The second-order valence-electron chi connectivity index (χ2n) is 4.43. The summed E-state index contributed by atoms with van der Waals surface area (Å²) in [6.45, 7) is 0.177. The zero-order chi connectivity index (χ0) is 14.1. The SMILES string of the molecule is NCc1cc(=O)[nH]c(-c2ccc(F)c3ccccc23)n1. The molecule has 0 bridgehead atoms. The molecule has 0 spiro atoms. The first kappa shape index (κ1) is 12.5. The van der Waals surface area contributed by atoms with Crippen LogP contribution in [0.1, 0.15) is 5.69 Å². The summed E-state index contributed by atoms with van der Waals surface area (Å²) in [4.78, 5) is 18.6. The smallest absolute Gasteiger partial charge is 0.251 e. The maximum absolute atomic E-state index is 13.8. The number of fused-ring (bicyclic) bond motifs is 1. The van der Waals surface area contributed by atoms with Crippen molar-refractivity contribution in [3.8, 4) is 11.4 Å². The van der Waals surface area contributed by atoms with E-state index in [1.807, 2.05) is 6.07 Å². The molecule has 3 aromatic rings. The van der Waals surface area contributed by atoms with Gasteiger partial charge in [0.15, 0.2) is 0 Å². The number of hydrogen-bond acceptors (Lipinski definition) is 3. The van der Waals surface area contributed by atoms with E-state index in [2.05, 4.69) is 9.97 Å². The number of benzene rings is 2. The molecule has 1 heterocycles. The second kappa shape index (κ2) is 4.86. The summed E-state index contributed by atoms with van der Waals surface area (Å²) in [7, 11) is 0. The quantitative estimate of drug-likeness (QED) is 0.749. The zero-order valence-electron chi connectivity index (χ0n) is 10.6. The van der Waals surface area contributed by atoms with Gasteiger partial charge in [0.2, 0.25) is 0 Å². The topological polar surface area (TPSA) is 71.8 Å². The van der Waals surface area contributed by atoms with E-state index >= 15 is 0 Å². The summed E-state index contributed by atoms with van der Waals surface area (Å²) in [5, 5.41) is 1.19. The molecule has 0 amide bonds. The molecule has 100 valence electrons. The van der Waals surface area contributed by atoms with Crippen molar-refractivity contribution in [1.29, 1.82) is 0 Å². The van der Waals surface area contributed by atoms with Crippen LogP contribution in [0.3, 0.4) is 0 Å². The number of nitrogens with zero attached hydrogens (tertiary/aromatic N) is 1. The summed E-state index contributed by atoms with van der Waals surface area (Å²) >= 11 is 0. The molecule has 0 aliphatic rings. The largest absolute Gasteiger partial charge is 0.325 e. The van der Waals surface area contributed by atoms with Crippen molar-refractivity contribution in [1.82, 2.24) is 9.97 Å². The van der Waals surface area contributed by atoms with Gasteiger partial charge in [-0.3, -0.25) is 4.79 Å². The maximum atomic E-state index is 13.8. The van der Waals surface area contributed by atoms with Gasteiger partial charge in [-0.25, -0.2) is 9.37 Å². The fourth-order valence-corrected chi connectivity index (χ4v) is 2.21. The number of rotatable bonds is 2. The minimum absolute atomic E-state index is 0.177. The average molecular weight is 269 g/mol. The molecule has 0 unspecified atom stereocenters. The average Bonchev–Trinajstić information content (AvgIpc) is 2.47. The molecule has 4 nitrogen and oxygen atoms in total. The number of aromatic nitrogens is 2.